The van der Waals surface area contributed by atoms with Gasteiger partial charge in [0.25, 0.3) is 11.5 Å². The number of aromatic amines is 1. The normalized spacial score (nSPS) is 12.9. The lowest BCUT2D eigenvalue weighted by atomic mass is 10.1. The summed E-state index contributed by atoms with van der Waals surface area (Å²) in [6.07, 6.45) is 0. The number of hydrogen-bond donors (Lipinski definition) is 1. The number of H-pyrrole nitrogens is 1. The standard InChI is InChI=1S/C20H17N3O4/c1-26-15-7-6-14-12-23(20(25)16-8-9-19(24)22-21-16)11-13-4-2-3-5-17(13)27-18(14)10-15/h2-10H,11-12H2,1H3,(H,22,24). The van der Waals surface area contributed by atoms with Gasteiger partial charge in [0.2, 0.25) is 0 Å². The third kappa shape index (κ3) is 3.39. The first-order valence-electron chi connectivity index (χ1n) is 8.42. The van der Waals surface area contributed by atoms with Crippen LogP contribution < -0.4 is 15.0 Å². The van der Waals surface area contributed by atoms with Gasteiger partial charge in [0, 0.05) is 23.3 Å². The number of benzene rings is 2. The number of ether oxygens (including phenoxy) is 2. The molecule has 0 spiro atoms. The first kappa shape index (κ1) is 16.8. The van der Waals surface area contributed by atoms with E-state index in [1.165, 1.54) is 12.1 Å². The Morgan fingerprint density at radius 3 is 2.59 bits per heavy atom. The van der Waals surface area contributed by atoms with Gasteiger partial charge in [-0.05, 0) is 24.3 Å². The first-order chi connectivity index (χ1) is 13.1. The topological polar surface area (TPSA) is 84.5 Å². The van der Waals surface area contributed by atoms with Crippen molar-refractivity contribution in [3.63, 3.8) is 0 Å². The molecule has 0 fully saturated rings. The van der Waals surface area contributed by atoms with Crippen molar-refractivity contribution < 1.29 is 14.3 Å². The Bertz CT molecular complexity index is 1040. The molecule has 3 aromatic rings. The van der Waals surface area contributed by atoms with Gasteiger partial charge in [-0.3, -0.25) is 9.59 Å². The van der Waals surface area contributed by atoms with Gasteiger partial charge < -0.3 is 14.4 Å². The van der Waals surface area contributed by atoms with E-state index in [-0.39, 0.29) is 17.2 Å². The Morgan fingerprint density at radius 1 is 1.07 bits per heavy atom. The molecule has 2 aromatic carbocycles. The van der Waals surface area contributed by atoms with E-state index in [1.807, 2.05) is 36.4 Å². The quantitative estimate of drug-likeness (QED) is 0.757. The third-order valence-corrected chi connectivity index (χ3v) is 4.37. The van der Waals surface area contributed by atoms with E-state index >= 15 is 0 Å². The fourth-order valence-electron chi connectivity index (χ4n) is 2.98. The number of nitrogens with one attached hydrogen (secondary N) is 1. The van der Waals surface area contributed by atoms with Crippen molar-refractivity contribution in [2.24, 2.45) is 0 Å². The average Bonchev–Trinajstić information content (AvgIpc) is 2.68. The van der Waals surface area contributed by atoms with E-state index in [2.05, 4.69) is 10.2 Å². The lowest BCUT2D eigenvalue weighted by Crippen LogP contribution is -2.32. The van der Waals surface area contributed by atoms with Crippen molar-refractivity contribution >= 4 is 5.91 Å². The van der Waals surface area contributed by atoms with Crippen LogP contribution in [0.1, 0.15) is 21.6 Å². The molecule has 1 amide bonds. The van der Waals surface area contributed by atoms with Crippen molar-refractivity contribution in [3.8, 4) is 17.2 Å². The highest BCUT2D eigenvalue weighted by atomic mass is 16.5. The van der Waals surface area contributed by atoms with Crippen LogP contribution >= 0.6 is 0 Å². The number of aromatic nitrogens is 2. The smallest absolute Gasteiger partial charge is 0.274 e. The highest BCUT2D eigenvalue weighted by Gasteiger charge is 2.24. The van der Waals surface area contributed by atoms with Gasteiger partial charge in [0.05, 0.1) is 20.2 Å². The van der Waals surface area contributed by atoms with Gasteiger partial charge in [-0.2, -0.15) is 5.10 Å². The number of hydrogen-bond acceptors (Lipinski definition) is 5. The molecule has 0 radical (unpaired) electrons. The van der Waals surface area contributed by atoms with Crippen LogP contribution in [-0.4, -0.2) is 28.1 Å². The number of fused-ring (bicyclic) bond motifs is 2. The van der Waals surface area contributed by atoms with Crippen LogP contribution in [0.2, 0.25) is 0 Å². The molecule has 0 saturated carbocycles. The van der Waals surface area contributed by atoms with Crippen molar-refractivity contribution in [2.75, 3.05) is 7.11 Å². The van der Waals surface area contributed by atoms with Crippen LogP contribution in [0, 0.1) is 0 Å². The molecule has 7 heteroatoms. The van der Waals surface area contributed by atoms with Gasteiger partial charge in [0.1, 0.15) is 22.9 Å². The Hall–Kier alpha value is -3.61. The molecule has 0 unspecified atom stereocenters. The predicted octanol–water partition coefficient (Wildman–Crippen LogP) is 2.73. The molecule has 1 aromatic heterocycles. The van der Waals surface area contributed by atoms with E-state index in [4.69, 9.17) is 9.47 Å². The minimum atomic E-state index is -0.351. The lowest BCUT2D eigenvalue weighted by molar-refractivity contribution is 0.0718. The monoisotopic (exact) mass is 363 g/mol. The van der Waals surface area contributed by atoms with Gasteiger partial charge in [-0.1, -0.05) is 18.2 Å². The molecule has 1 aliphatic rings. The summed E-state index contributed by atoms with van der Waals surface area (Å²) in [5, 5.41) is 6.17. The number of rotatable bonds is 2. The highest BCUT2D eigenvalue weighted by molar-refractivity contribution is 5.92. The van der Waals surface area contributed by atoms with Crippen LogP contribution in [0.25, 0.3) is 0 Å². The van der Waals surface area contributed by atoms with Crippen molar-refractivity contribution in [1.29, 1.82) is 0 Å². The molecule has 0 saturated heterocycles. The maximum Gasteiger partial charge on any atom is 0.274 e. The second-order valence-electron chi connectivity index (χ2n) is 6.15. The summed E-state index contributed by atoms with van der Waals surface area (Å²) in [6, 6.07) is 15.8. The summed E-state index contributed by atoms with van der Waals surface area (Å²) in [5.41, 5.74) is 1.56. The SMILES string of the molecule is COc1ccc2c(c1)Oc1ccccc1CN(C(=O)c1ccc(=O)[nH]n1)C2. The molecule has 2 heterocycles. The van der Waals surface area contributed by atoms with Crippen LogP contribution in [0.4, 0.5) is 0 Å². The molecule has 4 rings (SSSR count). The fourth-order valence-corrected chi connectivity index (χ4v) is 2.98. The Balaban J connectivity index is 1.77. The highest BCUT2D eigenvalue weighted by Crippen LogP contribution is 2.35. The fraction of sp³-hybridized carbons (Fsp3) is 0.150. The van der Waals surface area contributed by atoms with Gasteiger partial charge in [0.15, 0.2) is 0 Å². The molecule has 1 N–H and O–H groups in total. The van der Waals surface area contributed by atoms with Gasteiger partial charge in [-0.25, -0.2) is 5.10 Å². The Morgan fingerprint density at radius 2 is 1.85 bits per heavy atom. The summed E-state index contributed by atoms with van der Waals surface area (Å²) in [5.74, 6) is 1.71. The molecular weight excluding hydrogens is 346 g/mol. The summed E-state index contributed by atoms with van der Waals surface area (Å²) in [6.45, 7) is 0.703. The Kier molecular flexibility index (Phi) is 4.33. The van der Waals surface area contributed by atoms with Gasteiger partial charge in [-0.15, -0.1) is 0 Å². The maximum atomic E-state index is 13.0. The molecular formula is C20H17N3O4. The number of amides is 1. The maximum absolute atomic E-state index is 13.0. The van der Waals surface area contributed by atoms with Crippen molar-refractivity contribution in [1.82, 2.24) is 15.1 Å². The minimum Gasteiger partial charge on any atom is -0.497 e. The molecule has 136 valence electrons. The van der Waals surface area contributed by atoms with E-state index in [9.17, 15) is 9.59 Å². The van der Waals surface area contributed by atoms with Crippen LogP contribution in [-0.2, 0) is 13.1 Å². The van der Waals surface area contributed by atoms with Crippen molar-refractivity contribution in [2.45, 2.75) is 13.1 Å². The second kappa shape index (κ2) is 6.95. The number of carbonyl (C=O) groups is 1. The average molecular weight is 363 g/mol. The number of para-hydroxylation sites is 1. The number of carbonyl (C=O) groups excluding carboxylic acids is 1. The molecule has 27 heavy (non-hydrogen) atoms. The van der Waals surface area contributed by atoms with Crippen LogP contribution in [0.15, 0.2) is 59.4 Å². The molecule has 0 aliphatic carbocycles. The molecule has 0 atom stereocenters. The largest absolute Gasteiger partial charge is 0.497 e. The number of nitrogens with zero attached hydrogens (tertiary/aromatic N) is 2. The Labute approximate surface area is 155 Å². The minimum absolute atomic E-state index is 0.184. The zero-order valence-corrected chi connectivity index (χ0v) is 14.6. The van der Waals surface area contributed by atoms with Crippen LogP contribution in [0.3, 0.4) is 0 Å². The molecule has 0 bridgehead atoms. The lowest BCUT2D eigenvalue weighted by Gasteiger charge is -2.27. The zero-order valence-electron chi connectivity index (χ0n) is 14.6. The van der Waals surface area contributed by atoms with Crippen LogP contribution in [0.5, 0.6) is 17.2 Å². The van der Waals surface area contributed by atoms with E-state index < -0.39 is 0 Å². The van der Waals surface area contributed by atoms with E-state index in [0.29, 0.717) is 30.3 Å². The van der Waals surface area contributed by atoms with E-state index in [0.717, 1.165) is 11.1 Å². The molecule has 7 nitrogen and oxygen atoms in total. The summed E-state index contributed by atoms with van der Waals surface area (Å²) in [7, 11) is 1.59. The van der Waals surface area contributed by atoms with Gasteiger partial charge >= 0.3 is 0 Å². The zero-order chi connectivity index (χ0) is 18.8. The van der Waals surface area contributed by atoms with Crippen molar-refractivity contribution in [3.05, 3.63) is 81.8 Å². The first-order valence-corrected chi connectivity index (χ1v) is 8.42. The predicted molar refractivity (Wildman–Crippen MR) is 97.9 cm³/mol. The molecule has 1 aliphatic heterocycles. The van der Waals surface area contributed by atoms with E-state index in [1.54, 1.807) is 18.1 Å². The second-order valence-corrected chi connectivity index (χ2v) is 6.15. The summed E-state index contributed by atoms with van der Waals surface area (Å²) < 4.78 is 11.4. The summed E-state index contributed by atoms with van der Waals surface area (Å²) in [4.78, 5) is 25.9. The third-order valence-electron chi connectivity index (χ3n) is 4.37. The number of methoxy groups -OCH3 is 1. The summed E-state index contributed by atoms with van der Waals surface area (Å²) >= 11 is 0.